The third-order valence-corrected chi connectivity index (χ3v) is 7.19. The first-order chi connectivity index (χ1) is 19.2. The van der Waals surface area contributed by atoms with Crippen molar-refractivity contribution >= 4 is 28.5 Å². The first-order valence-electron chi connectivity index (χ1n) is 14.0. The van der Waals surface area contributed by atoms with Gasteiger partial charge in [0.25, 0.3) is 0 Å². The second-order valence-corrected chi connectivity index (χ2v) is 10.1. The zero-order chi connectivity index (χ0) is 27.3. The Morgan fingerprint density at radius 3 is 2.36 bits per heavy atom. The van der Waals surface area contributed by atoms with Crippen LogP contribution in [0.1, 0.15) is 45.3 Å². The molecule has 0 spiro atoms. The van der Waals surface area contributed by atoms with Gasteiger partial charge in [0.1, 0.15) is 12.4 Å². The Morgan fingerprint density at radius 2 is 1.69 bits per heavy atom. The average Bonchev–Trinajstić information content (AvgIpc) is 3.59. The molecule has 2 saturated heterocycles. The van der Waals surface area contributed by atoms with Crippen LogP contribution in [0, 0.1) is 12.3 Å². The summed E-state index contributed by atoms with van der Waals surface area (Å²) in [6.07, 6.45) is 12.1. The van der Waals surface area contributed by atoms with E-state index in [0.717, 1.165) is 68.6 Å². The monoisotopic (exact) mass is 564 g/mol. The molecule has 0 bridgehead atoms. The first-order valence-corrected chi connectivity index (χ1v) is 14.3. The number of fused-ring (bicyclic) bond motifs is 1. The van der Waals surface area contributed by atoms with E-state index in [-0.39, 0.29) is 17.6 Å². The third-order valence-electron chi connectivity index (χ3n) is 7.02. The molecular weight excluding hydrogens is 524 g/mol. The van der Waals surface area contributed by atoms with Crippen molar-refractivity contribution in [3.8, 4) is 12.3 Å². The molecule has 216 valence electrons. The summed E-state index contributed by atoms with van der Waals surface area (Å²) in [5.41, 5.74) is 0.719. The Balaban J connectivity index is 1.10. The summed E-state index contributed by atoms with van der Waals surface area (Å²) in [5, 5.41) is 9.27. The molecule has 12 heteroatoms. The van der Waals surface area contributed by atoms with Crippen molar-refractivity contribution in [2.75, 3.05) is 77.8 Å². The van der Waals surface area contributed by atoms with E-state index in [2.05, 4.69) is 38.1 Å². The van der Waals surface area contributed by atoms with Crippen molar-refractivity contribution in [2.45, 2.75) is 57.4 Å². The lowest BCUT2D eigenvalue weighted by atomic mass is 10.1. The molecule has 4 heterocycles. The molecule has 0 radical (unpaired) electrons. The maximum Gasteiger partial charge on any atom is 0.226 e. The Labute approximate surface area is 235 Å². The van der Waals surface area contributed by atoms with Crippen molar-refractivity contribution in [2.24, 2.45) is 0 Å². The van der Waals surface area contributed by atoms with Crippen LogP contribution < -0.4 is 5.32 Å². The number of likely N-dealkylation sites (tertiary alicyclic amines) is 1. The number of aromatic nitrogens is 4. The van der Waals surface area contributed by atoms with Gasteiger partial charge in [-0.2, -0.15) is 15.1 Å². The predicted molar refractivity (Wildman–Crippen MR) is 149 cm³/mol. The molecule has 0 saturated carbocycles. The molecule has 0 aliphatic carbocycles. The molecule has 4 rings (SSSR count). The summed E-state index contributed by atoms with van der Waals surface area (Å²) >= 11 is 6.31. The molecule has 0 aromatic carbocycles. The molecule has 2 aliphatic rings. The fraction of sp³-hybridized carbons (Fsp3) is 0.741. The maximum atomic E-state index is 6.31. The fourth-order valence-corrected chi connectivity index (χ4v) is 5.03. The molecule has 0 amide bonds. The largest absolute Gasteiger partial charge is 0.378 e. The van der Waals surface area contributed by atoms with Gasteiger partial charge >= 0.3 is 0 Å². The first kappa shape index (κ1) is 29.9. The molecule has 2 aliphatic heterocycles. The summed E-state index contributed by atoms with van der Waals surface area (Å²) in [5.74, 6) is 3.16. The number of terminal acetylenes is 1. The number of halogens is 1. The second-order valence-electron chi connectivity index (χ2n) is 9.72. The van der Waals surface area contributed by atoms with E-state index < -0.39 is 0 Å². The van der Waals surface area contributed by atoms with E-state index >= 15 is 0 Å². The quantitative estimate of drug-likeness (QED) is 0.175. The van der Waals surface area contributed by atoms with E-state index in [1.165, 1.54) is 0 Å². The number of rotatable bonds is 17. The van der Waals surface area contributed by atoms with Crippen molar-refractivity contribution in [1.82, 2.24) is 24.6 Å². The van der Waals surface area contributed by atoms with Crippen molar-refractivity contribution in [1.29, 1.82) is 0 Å². The van der Waals surface area contributed by atoms with Crippen molar-refractivity contribution < 1.29 is 23.7 Å². The predicted octanol–water partition coefficient (Wildman–Crippen LogP) is 3.14. The molecule has 2 aromatic rings. The van der Waals surface area contributed by atoms with Crippen LogP contribution in [0.25, 0.3) is 11.0 Å². The number of hydrogen-bond donors (Lipinski definition) is 1. The molecular formula is C27H41ClN6O5. The zero-order valence-electron chi connectivity index (χ0n) is 22.9. The minimum absolute atomic E-state index is 0.104. The number of nitrogens with one attached hydrogen (secondary N) is 1. The van der Waals surface area contributed by atoms with Gasteiger partial charge < -0.3 is 33.9 Å². The van der Waals surface area contributed by atoms with Gasteiger partial charge in [-0.15, -0.1) is 6.42 Å². The Bertz CT molecular complexity index is 1040. The van der Waals surface area contributed by atoms with E-state index in [1.54, 1.807) is 0 Å². The topological polar surface area (TPSA) is 105 Å². The van der Waals surface area contributed by atoms with Crippen LogP contribution in [0.3, 0.4) is 0 Å². The number of nitrogens with zero attached hydrogens (tertiary/aromatic N) is 5. The highest BCUT2D eigenvalue weighted by Gasteiger charge is 2.28. The lowest BCUT2D eigenvalue weighted by Crippen LogP contribution is -2.40. The third kappa shape index (κ3) is 9.25. The van der Waals surface area contributed by atoms with Gasteiger partial charge in [0.2, 0.25) is 5.28 Å². The average molecular weight is 565 g/mol. The molecule has 2 unspecified atom stereocenters. The number of ether oxygens (including phenoxy) is 5. The lowest BCUT2D eigenvalue weighted by molar-refractivity contribution is -0.00403. The van der Waals surface area contributed by atoms with Gasteiger partial charge in [0.05, 0.1) is 63.9 Å². The van der Waals surface area contributed by atoms with E-state index in [0.29, 0.717) is 58.9 Å². The SMILES string of the molecule is C#CCOCCOCCOCCOCCN1CCC(Nc2nc(Cl)nc3c2cnn3C2CCC(CC)O2)CC1. The van der Waals surface area contributed by atoms with Gasteiger partial charge in [0.15, 0.2) is 11.9 Å². The van der Waals surface area contributed by atoms with Crippen LogP contribution >= 0.6 is 11.6 Å². The molecule has 2 fully saturated rings. The van der Waals surface area contributed by atoms with Gasteiger partial charge in [-0.05, 0) is 43.7 Å². The summed E-state index contributed by atoms with van der Waals surface area (Å²) in [6, 6.07) is 0.311. The molecule has 39 heavy (non-hydrogen) atoms. The normalized spacial score (nSPS) is 20.5. The molecule has 1 N–H and O–H groups in total. The Hall–Kier alpha value is -2.04. The summed E-state index contributed by atoms with van der Waals surface area (Å²) < 4.78 is 29.8. The highest BCUT2D eigenvalue weighted by atomic mass is 35.5. The lowest BCUT2D eigenvalue weighted by Gasteiger charge is -2.32. The van der Waals surface area contributed by atoms with Crippen LogP contribution in [0.2, 0.25) is 5.28 Å². The molecule has 2 atom stereocenters. The van der Waals surface area contributed by atoms with Crippen molar-refractivity contribution in [3.63, 3.8) is 0 Å². The standard InChI is InChI=1S/C27H41ClN6O5/c1-3-12-35-14-16-37-18-19-38-17-15-36-13-11-33-9-7-21(8-10-33)30-25-23-20-29-34(26(23)32-27(28)31-25)24-6-5-22(4-2)39-24/h1,20-22,24H,4-19H2,2H3,(H,30,31,32). The maximum absolute atomic E-state index is 6.31. The van der Waals surface area contributed by atoms with Crippen LogP contribution in [-0.2, 0) is 23.7 Å². The van der Waals surface area contributed by atoms with Gasteiger partial charge in [-0.1, -0.05) is 12.8 Å². The summed E-state index contributed by atoms with van der Waals surface area (Å²) in [7, 11) is 0. The van der Waals surface area contributed by atoms with E-state index in [1.807, 2.05) is 10.9 Å². The Morgan fingerprint density at radius 1 is 1.00 bits per heavy atom. The van der Waals surface area contributed by atoms with E-state index in [9.17, 15) is 0 Å². The smallest absolute Gasteiger partial charge is 0.226 e. The van der Waals surface area contributed by atoms with E-state index in [4.69, 9.17) is 41.7 Å². The summed E-state index contributed by atoms with van der Waals surface area (Å²) in [4.78, 5) is 11.4. The van der Waals surface area contributed by atoms with Crippen LogP contribution in [0.15, 0.2) is 6.20 Å². The number of hydrogen-bond acceptors (Lipinski definition) is 10. The highest BCUT2D eigenvalue weighted by molar-refractivity contribution is 6.28. The second kappa shape index (κ2) is 16.3. The van der Waals surface area contributed by atoms with Crippen LogP contribution in [-0.4, -0.2) is 109 Å². The number of anilines is 1. The molecule has 11 nitrogen and oxygen atoms in total. The van der Waals surface area contributed by atoms with Crippen molar-refractivity contribution in [3.05, 3.63) is 11.5 Å². The summed E-state index contributed by atoms with van der Waals surface area (Å²) in [6.45, 7) is 9.27. The molecule has 2 aromatic heterocycles. The zero-order valence-corrected chi connectivity index (χ0v) is 23.6. The van der Waals surface area contributed by atoms with Crippen LogP contribution in [0.5, 0.6) is 0 Å². The van der Waals surface area contributed by atoms with Gasteiger partial charge in [-0.3, -0.25) is 0 Å². The minimum atomic E-state index is -0.104. The Kier molecular flexibility index (Phi) is 12.5. The highest BCUT2D eigenvalue weighted by Crippen LogP contribution is 2.33. The number of piperidine rings is 1. The fourth-order valence-electron chi connectivity index (χ4n) is 4.87. The minimum Gasteiger partial charge on any atom is -0.378 e. The van der Waals surface area contributed by atoms with Gasteiger partial charge in [-0.25, -0.2) is 4.68 Å². The van der Waals surface area contributed by atoms with Crippen LogP contribution in [0.4, 0.5) is 5.82 Å². The van der Waals surface area contributed by atoms with Gasteiger partial charge in [0, 0.05) is 25.7 Å².